The number of allylic oxidation sites excluding steroid dienone is 5. The van der Waals surface area contributed by atoms with E-state index >= 15 is 0 Å². The van der Waals surface area contributed by atoms with Crippen LogP contribution in [0.3, 0.4) is 0 Å². The Labute approximate surface area is 183 Å². The first-order valence-corrected chi connectivity index (χ1v) is 12.4. The van der Waals surface area contributed by atoms with Crippen molar-refractivity contribution in [2.24, 2.45) is 23.7 Å². The molecule has 0 atom stereocenters. The van der Waals surface area contributed by atoms with Crippen LogP contribution in [0.5, 0.6) is 0 Å². The molecule has 4 aliphatic carbocycles. The van der Waals surface area contributed by atoms with Crippen LogP contribution in [0.4, 0.5) is 0 Å². The zero-order valence-corrected chi connectivity index (χ0v) is 19.0. The van der Waals surface area contributed by atoms with E-state index in [4.69, 9.17) is 0 Å². The summed E-state index contributed by atoms with van der Waals surface area (Å²) in [5.41, 5.74) is 7.26. The maximum atomic E-state index is 13.1. The van der Waals surface area contributed by atoms with Gasteiger partial charge >= 0.3 is 0 Å². The molecule has 0 radical (unpaired) electrons. The van der Waals surface area contributed by atoms with E-state index in [1.807, 2.05) is 6.92 Å². The summed E-state index contributed by atoms with van der Waals surface area (Å²) in [5, 5.41) is 2.18. The SMILES string of the molecule is CC(=O)C(=C1C2CC3CC(C2)CC1C3)/C(C(C)=O)=C(/C)C1=CSCc2cccc1c2. The number of Topliss-reactive ketones (excluding diaryl/α,β-unsaturated/α-hetero) is 2. The minimum absolute atomic E-state index is 0.0188. The third kappa shape index (κ3) is 3.36. The highest BCUT2D eigenvalue weighted by atomic mass is 32.2. The first kappa shape index (κ1) is 20.1. The average Bonchev–Trinajstić information content (AvgIpc) is 2.83. The van der Waals surface area contributed by atoms with Crippen LogP contribution in [0.15, 0.2) is 52.0 Å². The Bertz CT molecular complexity index is 993. The van der Waals surface area contributed by atoms with Gasteiger partial charge in [0.1, 0.15) is 0 Å². The fourth-order valence-electron chi connectivity index (χ4n) is 6.81. The number of hydrogen-bond acceptors (Lipinski definition) is 3. The number of hydrogen-bond donors (Lipinski definition) is 0. The lowest BCUT2D eigenvalue weighted by atomic mass is 9.53. The Hall–Kier alpha value is -1.87. The zero-order chi connectivity index (χ0) is 21.0. The van der Waals surface area contributed by atoms with Crippen LogP contribution >= 0.6 is 11.8 Å². The molecule has 30 heavy (non-hydrogen) atoms. The molecule has 2 nitrogen and oxygen atoms in total. The van der Waals surface area contributed by atoms with Crippen LogP contribution in [-0.2, 0) is 15.3 Å². The van der Waals surface area contributed by atoms with Gasteiger partial charge in [-0.3, -0.25) is 9.59 Å². The molecule has 5 aliphatic rings. The molecule has 0 N–H and O–H groups in total. The standard InChI is InChI=1S/C27H30O2S/c1-15(24-14-30-13-18-5-4-6-21(24)8-18)25(16(2)28)26(17(3)29)27-22-9-19-7-20(11-22)12-23(27)10-19/h4-6,8,14,19-20,22-23H,7,9-13H2,1-3H3/b25-15-,27-26?. The molecule has 1 aliphatic heterocycles. The number of carbonyl (C=O) groups excluding carboxylic acids is 2. The predicted molar refractivity (Wildman–Crippen MR) is 124 cm³/mol. The van der Waals surface area contributed by atoms with Crippen molar-refractivity contribution >= 4 is 28.9 Å². The second-order valence-electron chi connectivity index (χ2n) is 9.79. The van der Waals surface area contributed by atoms with E-state index in [-0.39, 0.29) is 11.6 Å². The molecule has 0 unspecified atom stereocenters. The lowest BCUT2D eigenvalue weighted by Crippen LogP contribution is -2.41. The number of rotatable bonds is 4. The topological polar surface area (TPSA) is 34.1 Å². The lowest BCUT2D eigenvalue weighted by molar-refractivity contribution is -0.116. The molecule has 4 saturated carbocycles. The van der Waals surface area contributed by atoms with Crippen LogP contribution in [0.1, 0.15) is 64.0 Å². The van der Waals surface area contributed by atoms with Gasteiger partial charge in [0.2, 0.25) is 0 Å². The van der Waals surface area contributed by atoms with Gasteiger partial charge in [0.05, 0.1) is 0 Å². The van der Waals surface area contributed by atoms with E-state index in [0.29, 0.717) is 17.4 Å². The van der Waals surface area contributed by atoms with Crippen LogP contribution in [0.2, 0.25) is 0 Å². The fraction of sp³-hybridized carbons (Fsp3) is 0.481. The summed E-state index contributed by atoms with van der Waals surface area (Å²) in [4.78, 5) is 26.1. The molecule has 1 aromatic rings. The number of fused-ring (bicyclic) bond motifs is 2. The highest BCUT2D eigenvalue weighted by Gasteiger charge is 2.47. The molecule has 3 heteroatoms. The molecular weight excluding hydrogens is 388 g/mol. The zero-order valence-electron chi connectivity index (χ0n) is 18.2. The number of carbonyl (C=O) groups is 2. The van der Waals surface area contributed by atoms with Gasteiger partial charge in [-0.15, -0.1) is 11.8 Å². The molecule has 0 aromatic heterocycles. The van der Waals surface area contributed by atoms with Crippen molar-refractivity contribution in [1.82, 2.24) is 0 Å². The quantitative estimate of drug-likeness (QED) is 0.522. The minimum atomic E-state index is 0.0188. The Morgan fingerprint density at radius 2 is 1.57 bits per heavy atom. The van der Waals surface area contributed by atoms with Crippen molar-refractivity contribution < 1.29 is 9.59 Å². The Balaban J connectivity index is 1.69. The number of benzene rings is 1. The van der Waals surface area contributed by atoms with Gasteiger partial charge in [-0.2, -0.15) is 0 Å². The maximum Gasteiger partial charge on any atom is 0.160 e. The fourth-order valence-corrected chi connectivity index (χ4v) is 7.74. The van der Waals surface area contributed by atoms with Gasteiger partial charge in [0, 0.05) is 16.9 Å². The third-order valence-corrected chi connectivity index (χ3v) is 8.63. The highest BCUT2D eigenvalue weighted by Crippen LogP contribution is 2.57. The molecule has 6 rings (SSSR count). The van der Waals surface area contributed by atoms with Crippen LogP contribution in [-0.4, -0.2) is 11.6 Å². The maximum absolute atomic E-state index is 13.1. The van der Waals surface area contributed by atoms with E-state index in [0.717, 1.165) is 39.9 Å². The smallest absolute Gasteiger partial charge is 0.160 e. The largest absolute Gasteiger partial charge is 0.294 e. The molecule has 1 aromatic carbocycles. The van der Waals surface area contributed by atoms with Gasteiger partial charge in [-0.25, -0.2) is 0 Å². The number of ketones is 2. The summed E-state index contributed by atoms with van der Waals surface area (Å²) < 4.78 is 0. The minimum Gasteiger partial charge on any atom is -0.294 e. The second kappa shape index (κ2) is 7.67. The number of thioether (sulfide) groups is 1. The molecule has 156 valence electrons. The van der Waals surface area contributed by atoms with Crippen LogP contribution in [0, 0.1) is 23.7 Å². The van der Waals surface area contributed by atoms with Crippen molar-refractivity contribution in [3.8, 4) is 0 Å². The molecule has 4 fully saturated rings. The van der Waals surface area contributed by atoms with Crippen molar-refractivity contribution in [2.75, 3.05) is 0 Å². The van der Waals surface area contributed by atoms with Gasteiger partial charge in [-0.1, -0.05) is 29.8 Å². The Kier molecular flexibility index (Phi) is 5.13. The Morgan fingerprint density at radius 3 is 2.17 bits per heavy atom. The van der Waals surface area contributed by atoms with Gasteiger partial charge < -0.3 is 0 Å². The summed E-state index contributed by atoms with van der Waals surface area (Å²) >= 11 is 1.77. The molecule has 0 amide bonds. The lowest BCUT2D eigenvalue weighted by Gasteiger charge is -2.52. The summed E-state index contributed by atoms with van der Waals surface area (Å²) in [7, 11) is 0. The molecule has 6 bridgehead atoms. The highest BCUT2D eigenvalue weighted by molar-refractivity contribution is 8.01. The monoisotopic (exact) mass is 418 g/mol. The van der Waals surface area contributed by atoms with Gasteiger partial charge in [0.25, 0.3) is 0 Å². The normalized spacial score (nSPS) is 29.8. The summed E-state index contributed by atoms with van der Waals surface area (Å²) in [6, 6.07) is 8.57. The van der Waals surface area contributed by atoms with Crippen molar-refractivity contribution in [2.45, 2.75) is 58.6 Å². The summed E-state index contributed by atoms with van der Waals surface area (Å²) in [5.74, 6) is 3.69. The first-order valence-electron chi connectivity index (χ1n) is 11.3. The summed E-state index contributed by atoms with van der Waals surface area (Å²) in [6.45, 7) is 5.35. The van der Waals surface area contributed by atoms with Crippen molar-refractivity contribution in [1.29, 1.82) is 0 Å². The Morgan fingerprint density at radius 1 is 0.900 bits per heavy atom. The van der Waals surface area contributed by atoms with E-state index in [9.17, 15) is 9.59 Å². The first-order chi connectivity index (χ1) is 14.4. The average molecular weight is 419 g/mol. The van der Waals surface area contributed by atoms with E-state index in [1.165, 1.54) is 43.2 Å². The van der Waals surface area contributed by atoms with Gasteiger partial charge in [-0.05, 0) is 104 Å². The molecular formula is C27H30O2S. The molecule has 0 saturated heterocycles. The van der Waals surface area contributed by atoms with Crippen molar-refractivity contribution in [3.05, 3.63) is 63.1 Å². The third-order valence-electron chi connectivity index (χ3n) is 7.73. The van der Waals surface area contributed by atoms with Crippen molar-refractivity contribution in [3.63, 3.8) is 0 Å². The van der Waals surface area contributed by atoms with E-state index < -0.39 is 0 Å². The molecule has 1 heterocycles. The van der Waals surface area contributed by atoms with Crippen LogP contribution in [0.25, 0.3) is 5.57 Å². The van der Waals surface area contributed by atoms with Gasteiger partial charge in [0.15, 0.2) is 11.6 Å². The second-order valence-corrected chi connectivity index (χ2v) is 10.6. The summed E-state index contributed by atoms with van der Waals surface area (Å²) in [6.07, 6.45) is 6.23. The van der Waals surface area contributed by atoms with E-state index in [1.54, 1.807) is 25.6 Å². The predicted octanol–water partition coefficient (Wildman–Crippen LogP) is 6.52. The molecule has 0 spiro atoms. The van der Waals surface area contributed by atoms with Crippen LogP contribution < -0.4 is 0 Å². The van der Waals surface area contributed by atoms with E-state index in [2.05, 4.69) is 29.7 Å².